The molecule has 15 heavy (non-hydrogen) atoms. The maximum atomic E-state index is 5.25. The van der Waals surface area contributed by atoms with Gasteiger partial charge in [0.05, 0.1) is 11.2 Å². The van der Waals surface area contributed by atoms with Gasteiger partial charge >= 0.3 is 0 Å². The van der Waals surface area contributed by atoms with E-state index < -0.39 is 0 Å². The standard InChI is InChI=1S/C9H10N4OS/c1-6-7(2-3-14-6)15-9-4-8(13-10)11-5-12-9/h2-5H,10H2,1H3,(H,11,12,13). The summed E-state index contributed by atoms with van der Waals surface area (Å²) in [5.74, 6) is 6.72. The van der Waals surface area contributed by atoms with Crippen LogP contribution < -0.4 is 11.3 Å². The molecule has 0 unspecified atom stereocenters. The fourth-order valence-electron chi connectivity index (χ4n) is 1.07. The molecule has 0 aliphatic heterocycles. The van der Waals surface area contributed by atoms with Crippen LogP contribution in [0.2, 0.25) is 0 Å². The molecule has 3 N–H and O–H groups in total. The normalized spacial score (nSPS) is 10.3. The van der Waals surface area contributed by atoms with Crippen LogP contribution in [-0.2, 0) is 0 Å². The maximum absolute atomic E-state index is 5.25. The van der Waals surface area contributed by atoms with Crippen LogP contribution in [0.15, 0.2) is 39.1 Å². The molecule has 5 nitrogen and oxygen atoms in total. The van der Waals surface area contributed by atoms with E-state index in [1.807, 2.05) is 13.0 Å². The average molecular weight is 222 g/mol. The van der Waals surface area contributed by atoms with Crippen molar-refractivity contribution in [3.05, 3.63) is 30.5 Å². The molecule has 0 bridgehead atoms. The first-order valence-electron chi connectivity index (χ1n) is 4.30. The van der Waals surface area contributed by atoms with E-state index in [0.717, 1.165) is 15.7 Å². The fraction of sp³-hybridized carbons (Fsp3) is 0.111. The summed E-state index contributed by atoms with van der Waals surface area (Å²) in [5.41, 5.74) is 2.47. The van der Waals surface area contributed by atoms with Gasteiger partial charge in [-0.05, 0) is 13.0 Å². The quantitative estimate of drug-likeness (QED) is 0.468. The molecule has 0 saturated carbocycles. The Morgan fingerprint density at radius 1 is 1.47 bits per heavy atom. The van der Waals surface area contributed by atoms with E-state index in [4.69, 9.17) is 10.3 Å². The van der Waals surface area contributed by atoms with Gasteiger partial charge in [-0.3, -0.25) is 0 Å². The Morgan fingerprint density at radius 3 is 3.00 bits per heavy atom. The van der Waals surface area contributed by atoms with Gasteiger partial charge in [0, 0.05) is 6.07 Å². The lowest BCUT2D eigenvalue weighted by molar-refractivity contribution is 0.527. The van der Waals surface area contributed by atoms with Crippen LogP contribution in [0.5, 0.6) is 0 Å². The molecular formula is C9H10N4OS. The number of rotatable bonds is 3. The molecule has 0 amide bonds. The topological polar surface area (TPSA) is 77.0 Å². The summed E-state index contributed by atoms with van der Waals surface area (Å²) in [6, 6.07) is 3.68. The molecule has 0 radical (unpaired) electrons. The predicted octanol–water partition coefficient (Wildman–Crippen LogP) is 1.81. The first-order valence-corrected chi connectivity index (χ1v) is 5.12. The zero-order chi connectivity index (χ0) is 10.7. The largest absolute Gasteiger partial charge is 0.468 e. The molecule has 2 heterocycles. The number of nitrogens with two attached hydrogens (primary N) is 1. The van der Waals surface area contributed by atoms with Gasteiger partial charge in [0.1, 0.15) is 22.9 Å². The molecule has 2 rings (SSSR count). The minimum absolute atomic E-state index is 0.591. The summed E-state index contributed by atoms with van der Waals surface area (Å²) >= 11 is 1.51. The number of nitrogens with one attached hydrogen (secondary N) is 1. The van der Waals surface area contributed by atoms with Gasteiger partial charge in [-0.2, -0.15) is 0 Å². The van der Waals surface area contributed by atoms with Crippen molar-refractivity contribution >= 4 is 17.6 Å². The van der Waals surface area contributed by atoms with Gasteiger partial charge in [0.25, 0.3) is 0 Å². The highest BCUT2D eigenvalue weighted by Crippen LogP contribution is 2.29. The van der Waals surface area contributed by atoms with E-state index in [2.05, 4.69) is 15.4 Å². The SMILES string of the molecule is Cc1occc1Sc1cc(NN)ncn1. The second kappa shape index (κ2) is 4.33. The highest BCUT2D eigenvalue weighted by Gasteiger charge is 2.05. The third kappa shape index (κ3) is 2.28. The zero-order valence-corrected chi connectivity index (χ0v) is 8.91. The Labute approximate surface area is 91.1 Å². The van der Waals surface area contributed by atoms with Gasteiger partial charge in [0.2, 0.25) is 0 Å². The molecular weight excluding hydrogens is 212 g/mol. The van der Waals surface area contributed by atoms with Crippen LogP contribution in [-0.4, -0.2) is 9.97 Å². The highest BCUT2D eigenvalue weighted by atomic mass is 32.2. The van der Waals surface area contributed by atoms with E-state index >= 15 is 0 Å². The van der Waals surface area contributed by atoms with Crippen molar-refractivity contribution in [1.29, 1.82) is 0 Å². The number of nitrogen functional groups attached to an aromatic ring is 1. The van der Waals surface area contributed by atoms with Crippen LogP contribution in [0, 0.1) is 6.92 Å². The molecule has 0 saturated heterocycles. The Kier molecular flexibility index (Phi) is 2.89. The molecule has 0 aromatic carbocycles. The first-order chi connectivity index (χ1) is 7.29. The Morgan fingerprint density at radius 2 is 2.33 bits per heavy atom. The lowest BCUT2D eigenvalue weighted by atomic mass is 10.5. The van der Waals surface area contributed by atoms with Gasteiger partial charge in [-0.1, -0.05) is 11.8 Å². The molecule has 6 heteroatoms. The molecule has 0 fully saturated rings. The maximum Gasteiger partial charge on any atom is 0.144 e. The molecule has 2 aromatic heterocycles. The third-order valence-corrected chi connectivity index (χ3v) is 2.89. The minimum Gasteiger partial charge on any atom is -0.468 e. The zero-order valence-electron chi connectivity index (χ0n) is 8.10. The minimum atomic E-state index is 0.591. The summed E-state index contributed by atoms with van der Waals surface area (Å²) in [6.07, 6.45) is 3.12. The van der Waals surface area contributed by atoms with Crippen LogP contribution in [0.4, 0.5) is 5.82 Å². The predicted molar refractivity (Wildman–Crippen MR) is 57.4 cm³/mol. The van der Waals surface area contributed by atoms with Gasteiger partial charge in [-0.15, -0.1) is 0 Å². The molecule has 0 spiro atoms. The summed E-state index contributed by atoms with van der Waals surface area (Å²) in [7, 11) is 0. The first kappa shape index (κ1) is 10.0. The Balaban J connectivity index is 2.21. The number of nitrogens with zero attached hydrogens (tertiary/aromatic N) is 2. The summed E-state index contributed by atoms with van der Waals surface area (Å²) < 4.78 is 5.19. The molecule has 0 aliphatic rings. The number of anilines is 1. The molecule has 0 aliphatic carbocycles. The van der Waals surface area contributed by atoms with Crippen molar-refractivity contribution in [3.63, 3.8) is 0 Å². The Hall–Kier alpha value is -1.53. The fourth-order valence-corrected chi connectivity index (χ4v) is 1.88. The molecule has 0 atom stereocenters. The lowest BCUT2D eigenvalue weighted by Gasteiger charge is -2.01. The van der Waals surface area contributed by atoms with Crippen molar-refractivity contribution in [2.24, 2.45) is 5.84 Å². The van der Waals surface area contributed by atoms with Crippen LogP contribution in [0.1, 0.15) is 5.76 Å². The van der Waals surface area contributed by atoms with E-state index in [0.29, 0.717) is 5.82 Å². The number of aryl methyl sites for hydroxylation is 1. The van der Waals surface area contributed by atoms with Crippen LogP contribution in [0.3, 0.4) is 0 Å². The highest BCUT2D eigenvalue weighted by molar-refractivity contribution is 7.99. The van der Waals surface area contributed by atoms with Crippen LogP contribution in [0.25, 0.3) is 0 Å². The second-order valence-electron chi connectivity index (χ2n) is 2.83. The van der Waals surface area contributed by atoms with E-state index in [-0.39, 0.29) is 0 Å². The lowest BCUT2D eigenvalue weighted by Crippen LogP contribution is -2.08. The number of hydrazine groups is 1. The average Bonchev–Trinajstić information content (AvgIpc) is 2.65. The molecule has 78 valence electrons. The summed E-state index contributed by atoms with van der Waals surface area (Å²) in [4.78, 5) is 9.08. The van der Waals surface area contributed by atoms with Gasteiger partial charge in [-0.25, -0.2) is 15.8 Å². The van der Waals surface area contributed by atoms with Crippen molar-refractivity contribution in [2.45, 2.75) is 16.8 Å². The van der Waals surface area contributed by atoms with Crippen molar-refractivity contribution in [1.82, 2.24) is 9.97 Å². The number of hydrogen-bond acceptors (Lipinski definition) is 6. The van der Waals surface area contributed by atoms with Crippen molar-refractivity contribution < 1.29 is 4.42 Å². The van der Waals surface area contributed by atoms with E-state index in [1.54, 1.807) is 12.3 Å². The third-order valence-electron chi connectivity index (χ3n) is 1.82. The van der Waals surface area contributed by atoms with Gasteiger partial charge < -0.3 is 9.84 Å². The Bertz CT molecular complexity index is 457. The number of hydrogen-bond donors (Lipinski definition) is 2. The van der Waals surface area contributed by atoms with E-state index in [1.165, 1.54) is 18.1 Å². The van der Waals surface area contributed by atoms with Gasteiger partial charge in [0.15, 0.2) is 0 Å². The molecule has 2 aromatic rings. The number of aromatic nitrogens is 2. The van der Waals surface area contributed by atoms with Crippen molar-refractivity contribution in [3.8, 4) is 0 Å². The number of furan rings is 1. The summed E-state index contributed by atoms with van der Waals surface area (Å²) in [6.45, 7) is 1.91. The van der Waals surface area contributed by atoms with E-state index in [9.17, 15) is 0 Å². The summed E-state index contributed by atoms with van der Waals surface area (Å²) in [5, 5.41) is 0.822. The smallest absolute Gasteiger partial charge is 0.144 e. The van der Waals surface area contributed by atoms with Crippen molar-refractivity contribution in [2.75, 3.05) is 5.43 Å². The monoisotopic (exact) mass is 222 g/mol. The second-order valence-corrected chi connectivity index (χ2v) is 3.89. The van der Waals surface area contributed by atoms with Crippen LogP contribution >= 0.6 is 11.8 Å².